The molecule has 1 saturated carbocycles. The summed E-state index contributed by atoms with van der Waals surface area (Å²) in [6.07, 6.45) is 0.564. The largest absolute Gasteiger partial charge is 0.486 e. The van der Waals surface area contributed by atoms with Gasteiger partial charge in [0.15, 0.2) is 11.6 Å². The molecule has 1 aliphatic rings. The number of nitrogens with zero attached hydrogens (tertiary/aromatic N) is 1. The number of carbonyl (C=O) groups excluding carboxylic acids is 2. The number of para-hydroxylation sites is 1. The first-order valence-electron chi connectivity index (χ1n) is 10.1. The van der Waals surface area contributed by atoms with Crippen molar-refractivity contribution in [3.05, 3.63) is 71.2 Å². The molecule has 2 aromatic carbocycles. The molecule has 0 spiro atoms. The number of ketones is 1. The highest BCUT2D eigenvalue weighted by atomic mass is 19.1. The van der Waals surface area contributed by atoms with Crippen molar-refractivity contribution in [2.24, 2.45) is 11.3 Å². The second-order valence-corrected chi connectivity index (χ2v) is 8.12. The maximum Gasteiger partial charge on any atom is 0.247 e. The number of aryl methyl sites for hydroxylation is 1. The van der Waals surface area contributed by atoms with Crippen molar-refractivity contribution < 1.29 is 23.9 Å². The van der Waals surface area contributed by atoms with Crippen LogP contribution in [-0.2, 0) is 22.6 Å². The molecule has 6 nitrogen and oxygen atoms in total. The molecule has 1 aromatic heterocycles. The zero-order valence-corrected chi connectivity index (χ0v) is 17.3. The van der Waals surface area contributed by atoms with Gasteiger partial charge in [0.1, 0.15) is 12.4 Å². The Morgan fingerprint density at radius 3 is 2.74 bits per heavy atom. The van der Waals surface area contributed by atoms with E-state index in [-0.39, 0.29) is 24.6 Å². The molecule has 1 amide bonds. The van der Waals surface area contributed by atoms with Crippen LogP contribution in [0.2, 0.25) is 0 Å². The number of benzene rings is 2. The van der Waals surface area contributed by atoms with Gasteiger partial charge in [-0.05, 0) is 56.5 Å². The van der Waals surface area contributed by atoms with Gasteiger partial charge in [0, 0.05) is 22.1 Å². The van der Waals surface area contributed by atoms with Crippen molar-refractivity contribution >= 4 is 22.6 Å². The predicted molar refractivity (Wildman–Crippen MR) is 112 cm³/mol. The molecule has 0 radical (unpaired) electrons. The van der Waals surface area contributed by atoms with E-state index in [1.54, 1.807) is 11.5 Å². The van der Waals surface area contributed by atoms with Crippen LogP contribution >= 0.6 is 0 Å². The Morgan fingerprint density at radius 1 is 1.26 bits per heavy atom. The van der Waals surface area contributed by atoms with Crippen LogP contribution in [-0.4, -0.2) is 21.9 Å². The van der Waals surface area contributed by atoms with E-state index in [1.165, 1.54) is 19.1 Å². The number of carbonyl (C=O) groups is 2. The van der Waals surface area contributed by atoms with E-state index in [2.05, 4.69) is 4.98 Å². The van der Waals surface area contributed by atoms with E-state index in [0.717, 1.165) is 22.2 Å². The topological polar surface area (TPSA) is 88.5 Å². The third-order valence-corrected chi connectivity index (χ3v) is 6.03. The van der Waals surface area contributed by atoms with Crippen molar-refractivity contribution in [3.63, 3.8) is 0 Å². The third kappa shape index (κ3) is 4.01. The average Bonchev–Trinajstić information content (AvgIpc) is 3.48. The molecule has 0 aliphatic heterocycles. The van der Waals surface area contributed by atoms with Gasteiger partial charge in [0.05, 0.1) is 11.4 Å². The molecule has 0 saturated heterocycles. The van der Waals surface area contributed by atoms with Crippen LogP contribution in [0.25, 0.3) is 10.9 Å². The third-order valence-electron chi connectivity index (χ3n) is 6.03. The number of hydrogen-bond donors (Lipinski definition) is 2. The van der Waals surface area contributed by atoms with Crippen LogP contribution in [0.1, 0.15) is 30.2 Å². The van der Waals surface area contributed by atoms with E-state index >= 15 is 0 Å². The maximum atomic E-state index is 14.7. The highest BCUT2D eigenvalue weighted by Crippen LogP contribution is 2.55. The Labute approximate surface area is 179 Å². The number of ether oxygens (including phenoxy) is 1. The standard InChI is InChI=1S/C24H23FN2O4/c1-14-9-17(18-5-3-4-6-21(18)26-14)13-31-22-8-7-16(10-20(22)25)11-24(15(2)28)12-19(24)23(29)27-30/h3-10,19,30H,11-13H2,1-2H3,(H,27,29)/t19?,24-/m1/s1. The number of pyridine rings is 1. The summed E-state index contributed by atoms with van der Waals surface area (Å²) in [5, 5.41) is 9.80. The summed E-state index contributed by atoms with van der Waals surface area (Å²) < 4.78 is 20.5. The molecule has 7 heteroatoms. The van der Waals surface area contributed by atoms with E-state index in [4.69, 9.17) is 9.94 Å². The molecule has 1 heterocycles. The van der Waals surface area contributed by atoms with Gasteiger partial charge >= 0.3 is 0 Å². The number of nitrogens with one attached hydrogen (secondary N) is 1. The number of aromatic nitrogens is 1. The van der Waals surface area contributed by atoms with Gasteiger partial charge in [0.2, 0.25) is 5.91 Å². The van der Waals surface area contributed by atoms with Crippen molar-refractivity contribution in [2.45, 2.75) is 33.3 Å². The minimum atomic E-state index is -0.894. The lowest BCUT2D eigenvalue weighted by molar-refractivity contribution is -0.134. The SMILES string of the molecule is CC(=O)[C@@]1(Cc2ccc(OCc3cc(C)nc4ccccc34)c(F)c2)CC1C(=O)NO. The number of amides is 1. The number of rotatable bonds is 7. The van der Waals surface area contributed by atoms with Crippen molar-refractivity contribution in [2.75, 3.05) is 0 Å². The molecule has 1 unspecified atom stereocenters. The van der Waals surface area contributed by atoms with Gasteiger partial charge in [-0.15, -0.1) is 0 Å². The Morgan fingerprint density at radius 2 is 2.03 bits per heavy atom. The molecule has 3 aromatic rings. The minimum Gasteiger partial charge on any atom is -0.486 e. The number of hydroxylamine groups is 1. The molecule has 1 aliphatic carbocycles. The summed E-state index contributed by atoms with van der Waals surface area (Å²) in [4.78, 5) is 28.4. The molecular formula is C24H23FN2O4. The summed E-state index contributed by atoms with van der Waals surface area (Å²) in [6, 6.07) is 14.2. The minimum absolute atomic E-state index is 0.111. The van der Waals surface area contributed by atoms with Crippen LogP contribution in [0, 0.1) is 24.1 Å². The lowest BCUT2D eigenvalue weighted by Gasteiger charge is -2.15. The fourth-order valence-electron chi connectivity index (χ4n) is 4.24. The summed E-state index contributed by atoms with van der Waals surface area (Å²) in [7, 11) is 0. The van der Waals surface area contributed by atoms with Gasteiger partial charge in [-0.3, -0.25) is 19.8 Å². The van der Waals surface area contributed by atoms with Crippen molar-refractivity contribution in [3.8, 4) is 5.75 Å². The Bertz CT molecular complexity index is 1180. The van der Waals surface area contributed by atoms with Gasteiger partial charge in [-0.2, -0.15) is 0 Å². The molecule has 2 atom stereocenters. The molecule has 0 bridgehead atoms. The van der Waals surface area contributed by atoms with Crippen LogP contribution < -0.4 is 10.2 Å². The number of fused-ring (bicyclic) bond motifs is 1. The van der Waals surface area contributed by atoms with Gasteiger partial charge in [0.25, 0.3) is 0 Å². The predicted octanol–water partition coefficient (Wildman–Crippen LogP) is 3.90. The quantitative estimate of drug-likeness (QED) is 0.445. The van der Waals surface area contributed by atoms with E-state index in [0.29, 0.717) is 12.0 Å². The second-order valence-electron chi connectivity index (χ2n) is 8.12. The summed E-state index contributed by atoms with van der Waals surface area (Å²) in [6.45, 7) is 3.51. The lowest BCUT2D eigenvalue weighted by Crippen LogP contribution is -2.28. The van der Waals surface area contributed by atoms with Crippen LogP contribution in [0.3, 0.4) is 0 Å². The summed E-state index contributed by atoms with van der Waals surface area (Å²) in [5.74, 6) is -1.76. The number of halogens is 1. The monoisotopic (exact) mass is 422 g/mol. The summed E-state index contributed by atoms with van der Waals surface area (Å²) in [5.41, 5.74) is 3.93. The number of hydrogen-bond acceptors (Lipinski definition) is 5. The average molecular weight is 422 g/mol. The highest BCUT2D eigenvalue weighted by molar-refractivity contribution is 5.95. The van der Waals surface area contributed by atoms with Gasteiger partial charge in [-0.1, -0.05) is 24.3 Å². The van der Waals surface area contributed by atoms with Crippen molar-refractivity contribution in [1.82, 2.24) is 10.5 Å². The Hall–Kier alpha value is -3.32. The van der Waals surface area contributed by atoms with Crippen molar-refractivity contribution in [1.29, 1.82) is 0 Å². The first kappa shape index (κ1) is 20.9. The van der Waals surface area contributed by atoms with E-state index in [9.17, 15) is 14.0 Å². The van der Waals surface area contributed by atoms with Crippen LogP contribution in [0.4, 0.5) is 4.39 Å². The maximum absolute atomic E-state index is 14.7. The van der Waals surface area contributed by atoms with Gasteiger partial charge < -0.3 is 4.74 Å². The van der Waals surface area contributed by atoms with E-state index < -0.39 is 23.1 Å². The summed E-state index contributed by atoms with van der Waals surface area (Å²) >= 11 is 0. The van der Waals surface area contributed by atoms with Gasteiger partial charge in [-0.25, -0.2) is 9.87 Å². The Kier molecular flexibility index (Phi) is 5.45. The zero-order valence-electron chi connectivity index (χ0n) is 17.3. The molecule has 4 rings (SSSR count). The number of Topliss-reactive ketones (excluding diaryl/α,β-unsaturated/α-hetero) is 1. The zero-order chi connectivity index (χ0) is 22.2. The fraction of sp³-hybridized carbons (Fsp3) is 0.292. The lowest BCUT2D eigenvalue weighted by atomic mass is 9.90. The molecule has 160 valence electrons. The second kappa shape index (κ2) is 8.07. The first-order chi connectivity index (χ1) is 14.8. The van der Waals surface area contributed by atoms with E-state index in [1.807, 2.05) is 37.3 Å². The fourth-order valence-corrected chi connectivity index (χ4v) is 4.24. The Balaban J connectivity index is 1.50. The smallest absolute Gasteiger partial charge is 0.247 e. The highest BCUT2D eigenvalue weighted by Gasteiger charge is 2.61. The van der Waals surface area contributed by atoms with Crippen LogP contribution in [0.15, 0.2) is 48.5 Å². The molecule has 2 N–H and O–H groups in total. The molecular weight excluding hydrogens is 399 g/mol. The van der Waals surface area contributed by atoms with Crippen LogP contribution in [0.5, 0.6) is 5.75 Å². The molecule has 1 fully saturated rings. The first-order valence-corrected chi connectivity index (χ1v) is 10.1. The normalized spacial score (nSPS) is 19.8. The molecule has 31 heavy (non-hydrogen) atoms.